The van der Waals surface area contributed by atoms with Crippen molar-refractivity contribution in [2.45, 2.75) is 62.1 Å². The minimum Gasteiger partial charge on any atom is -0.444 e. The van der Waals surface area contributed by atoms with Crippen molar-refractivity contribution in [3.8, 4) is 11.1 Å². The lowest BCUT2D eigenvalue weighted by atomic mass is 10.1. The van der Waals surface area contributed by atoms with Gasteiger partial charge in [-0.1, -0.05) is 11.8 Å². The minimum atomic E-state index is -0.538. The number of fused-ring (bicyclic) bond motifs is 1. The number of anilines is 1. The number of nitrogens with zero attached hydrogens (tertiary/aromatic N) is 6. The van der Waals surface area contributed by atoms with Crippen LogP contribution in [0.3, 0.4) is 0 Å². The Bertz CT molecular complexity index is 1460. The van der Waals surface area contributed by atoms with Crippen LogP contribution < -0.4 is 5.73 Å². The van der Waals surface area contributed by atoms with E-state index in [0.29, 0.717) is 24.3 Å². The van der Waals surface area contributed by atoms with Crippen molar-refractivity contribution in [2.24, 2.45) is 0 Å². The van der Waals surface area contributed by atoms with E-state index in [9.17, 15) is 9.18 Å². The van der Waals surface area contributed by atoms with Crippen LogP contribution in [0.1, 0.15) is 45.3 Å². The summed E-state index contributed by atoms with van der Waals surface area (Å²) in [5.74, 6) is -0.392. The Hall–Kier alpha value is -3.60. The lowest BCUT2D eigenvalue weighted by Gasteiger charge is -2.34. The van der Waals surface area contributed by atoms with Crippen LogP contribution in [-0.4, -0.2) is 54.1 Å². The van der Waals surface area contributed by atoms with E-state index in [4.69, 9.17) is 10.5 Å². The van der Waals surface area contributed by atoms with Crippen LogP contribution in [-0.2, 0) is 4.74 Å². The minimum absolute atomic E-state index is 0.0403. The first-order valence-corrected chi connectivity index (χ1v) is 13.0. The maximum Gasteiger partial charge on any atom is 0.410 e. The Morgan fingerprint density at radius 1 is 1.19 bits per heavy atom. The third-order valence-electron chi connectivity index (χ3n) is 6.12. The molecule has 194 valence electrons. The third-order valence-corrected chi connectivity index (χ3v) is 7.13. The molecule has 1 fully saturated rings. The third kappa shape index (κ3) is 5.41. The average molecular weight is 524 g/mol. The Kier molecular flexibility index (Phi) is 6.57. The molecule has 2 N–H and O–H groups in total. The van der Waals surface area contributed by atoms with Gasteiger partial charge in [-0.3, -0.25) is 4.68 Å². The summed E-state index contributed by atoms with van der Waals surface area (Å²) in [7, 11) is 0. The zero-order valence-electron chi connectivity index (χ0n) is 21.3. The number of halogens is 1. The molecule has 0 saturated carbocycles. The number of pyridine rings is 2. The van der Waals surface area contributed by atoms with Crippen LogP contribution in [0.2, 0.25) is 0 Å². The number of carbonyl (C=O) groups excluding carboxylic acids is 1. The summed E-state index contributed by atoms with van der Waals surface area (Å²) in [6.45, 7) is 8.63. The van der Waals surface area contributed by atoms with E-state index in [2.05, 4.69) is 15.2 Å². The molecule has 0 bridgehead atoms. The van der Waals surface area contributed by atoms with Crippen molar-refractivity contribution in [1.29, 1.82) is 0 Å². The molecule has 1 unspecified atom stereocenters. The zero-order chi connectivity index (χ0) is 26.3. The SMILES string of the molecule is Cc1ccc(F)c(Sc2cc(-c3cnn(C4CCCN(C(=O)OC(C)(C)C)C4)c3)cn3ncc(N)c23)n1. The molecule has 37 heavy (non-hydrogen) atoms. The van der Waals surface area contributed by atoms with Crippen LogP contribution in [0, 0.1) is 12.7 Å². The molecule has 5 rings (SSSR count). The van der Waals surface area contributed by atoms with Crippen LogP contribution in [0.4, 0.5) is 14.9 Å². The fourth-order valence-corrected chi connectivity index (χ4v) is 5.44. The highest BCUT2D eigenvalue weighted by atomic mass is 32.2. The highest BCUT2D eigenvalue weighted by molar-refractivity contribution is 7.99. The lowest BCUT2D eigenvalue weighted by molar-refractivity contribution is 0.0167. The Morgan fingerprint density at radius 2 is 2.00 bits per heavy atom. The summed E-state index contributed by atoms with van der Waals surface area (Å²) in [4.78, 5) is 19.4. The number of likely N-dealkylation sites (tertiary alicyclic amines) is 1. The fourth-order valence-electron chi connectivity index (χ4n) is 4.38. The molecule has 1 atom stereocenters. The van der Waals surface area contributed by atoms with Gasteiger partial charge < -0.3 is 15.4 Å². The number of nitrogen functional groups attached to an aromatic ring is 1. The van der Waals surface area contributed by atoms with Gasteiger partial charge in [-0.2, -0.15) is 10.2 Å². The second kappa shape index (κ2) is 9.70. The van der Waals surface area contributed by atoms with Gasteiger partial charge in [0.1, 0.15) is 16.1 Å². The van der Waals surface area contributed by atoms with E-state index in [-0.39, 0.29) is 17.2 Å². The number of piperidine rings is 1. The second-order valence-corrected chi connectivity index (χ2v) is 11.3. The number of aromatic nitrogens is 5. The molecule has 1 aliphatic heterocycles. The van der Waals surface area contributed by atoms with Crippen LogP contribution in [0.15, 0.2) is 52.9 Å². The van der Waals surface area contributed by atoms with Gasteiger partial charge in [0.15, 0.2) is 5.82 Å². The highest BCUT2D eigenvalue weighted by Gasteiger charge is 2.29. The van der Waals surface area contributed by atoms with Crippen molar-refractivity contribution in [3.63, 3.8) is 0 Å². The Labute approximate surface area is 218 Å². The average Bonchev–Trinajstić information content (AvgIpc) is 3.48. The molecule has 4 aromatic rings. The lowest BCUT2D eigenvalue weighted by Crippen LogP contribution is -2.43. The standard InChI is InChI=1S/C26H30FN7O2S/c1-16-7-8-20(27)24(31-16)37-22-10-17(13-34-23(22)21(28)12-30-34)18-11-29-33(14-18)19-6-5-9-32(15-19)25(35)36-26(2,3)4/h7-8,10-14,19H,5-6,9,15,28H2,1-4H3. The van der Waals surface area contributed by atoms with Crippen molar-refractivity contribution in [1.82, 2.24) is 29.3 Å². The quantitative estimate of drug-likeness (QED) is 0.385. The van der Waals surface area contributed by atoms with E-state index in [1.165, 1.54) is 17.8 Å². The number of nitrogens with two attached hydrogens (primary N) is 1. The van der Waals surface area contributed by atoms with E-state index in [1.807, 2.05) is 50.8 Å². The topological polar surface area (TPSA) is 104 Å². The largest absolute Gasteiger partial charge is 0.444 e. The molecule has 1 saturated heterocycles. The maximum absolute atomic E-state index is 14.5. The second-order valence-electron chi connectivity index (χ2n) is 10.3. The van der Waals surface area contributed by atoms with Crippen LogP contribution in [0.5, 0.6) is 0 Å². The molecule has 4 aromatic heterocycles. The molecule has 1 amide bonds. The van der Waals surface area contributed by atoms with Gasteiger partial charge in [0, 0.05) is 47.2 Å². The van der Waals surface area contributed by atoms with E-state index < -0.39 is 11.4 Å². The number of rotatable bonds is 4. The van der Waals surface area contributed by atoms with Crippen molar-refractivity contribution < 1.29 is 13.9 Å². The molecule has 0 aliphatic carbocycles. The van der Waals surface area contributed by atoms with Gasteiger partial charge in [0.05, 0.1) is 24.1 Å². The molecule has 0 radical (unpaired) electrons. The summed E-state index contributed by atoms with van der Waals surface area (Å²) >= 11 is 1.22. The van der Waals surface area contributed by atoms with Gasteiger partial charge in [-0.25, -0.2) is 18.7 Å². The predicted molar refractivity (Wildman–Crippen MR) is 140 cm³/mol. The van der Waals surface area contributed by atoms with Gasteiger partial charge in [-0.15, -0.1) is 0 Å². The highest BCUT2D eigenvalue weighted by Crippen LogP contribution is 2.37. The Morgan fingerprint density at radius 3 is 2.78 bits per heavy atom. The first kappa shape index (κ1) is 25.1. The molecule has 9 nitrogen and oxygen atoms in total. The van der Waals surface area contributed by atoms with Crippen molar-refractivity contribution >= 4 is 29.1 Å². The number of ether oxygens (including phenoxy) is 1. The van der Waals surface area contributed by atoms with Crippen LogP contribution in [0.25, 0.3) is 16.6 Å². The number of carbonyl (C=O) groups is 1. The van der Waals surface area contributed by atoms with Crippen molar-refractivity contribution in [2.75, 3.05) is 18.8 Å². The van der Waals surface area contributed by atoms with E-state index >= 15 is 0 Å². The van der Waals surface area contributed by atoms with Gasteiger partial charge in [-0.05, 0) is 58.7 Å². The molecule has 5 heterocycles. The van der Waals surface area contributed by atoms with E-state index in [1.54, 1.807) is 27.9 Å². The molecule has 0 aromatic carbocycles. The van der Waals surface area contributed by atoms with Gasteiger partial charge in [0.2, 0.25) is 0 Å². The van der Waals surface area contributed by atoms with Gasteiger partial charge in [0.25, 0.3) is 0 Å². The van der Waals surface area contributed by atoms with E-state index in [0.717, 1.165) is 34.6 Å². The smallest absolute Gasteiger partial charge is 0.410 e. The summed E-state index contributed by atoms with van der Waals surface area (Å²) in [5.41, 5.74) is 9.32. The molecule has 0 spiro atoms. The summed E-state index contributed by atoms with van der Waals surface area (Å²) < 4.78 is 23.7. The van der Waals surface area contributed by atoms with Crippen LogP contribution >= 0.6 is 11.8 Å². The normalized spacial score (nSPS) is 16.4. The Balaban J connectivity index is 1.43. The number of aryl methyl sites for hydroxylation is 1. The predicted octanol–water partition coefficient (Wildman–Crippen LogP) is 5.35. The zero-order valence-corrected chi connectivity index (χ0v) is 22.1. The first-order valence-electron chi connectivity index (χ1n) is 12.2. The number of amides is 1. The number of hydrogen-bond acceptors (Lipinski definition) is 7. The summed E-state index contributed by atoms with van der Waals surface area (Å²) in [6.07, 6.45) is 8.70. The van der Waals surface area contributed by atoms with Crippen molar-refractivity contribution in [3.05, 3.63) is 54.5 Å². The molecule has 1 aliphatic rings. The first-order chi connectivity index (χ1) is 17.6. The maximum atomic E-state index is 14.5. The molecular weight excluding hydrogens is 493 g/mol. The monoisotopic (exact) mass is 523 g/mol. The summed E-state index contributed by atoms with van der Waals surface area (Å²) in [5, 5.41) is 9.27. The fraction of sp³-hybridized carbons (Fsp3) is 0.385. The molecular formula is C26H30FN7O2S. The number of hydrogen-bond donors (Lipinski definition) is 1. The molecule has 11 heteroatoms. The summed E-state index contributed by atoms with van der Waals surface area (Å²) in [6, 6.07) is 5.05. The van der Waals surface area contributed by atoms with Gasteiger partial charge >= 0.3 is 6.09 Å².